The van der Waals surface area contributed by atoms with Crippen LogP contribution >= 0.6 is 0 Å². The van der Waals surface area contributed by atoms with E-state index in [1.807, 2.05) is 43.1 Å². The van der Waals surface area contributed by atoms with Crippen molar-refractivity contribution in [1.29, 1.82) is 0 Å². The number of anilines is 1. The average molecular weight is 380 g/mol. The third kappa shape index (κ3) is 4.34. The van der Waals surface area contributed by atoms with Crippen molar-refractivity contribution in [2.75, 3.05) is 25.1 Å². The maximum Gasteiger partial charge on any atom is 0.251 e. The molecule has 0 radical (unpaired) electrons. The fraction of sp³-hybridized carbons (Fsp3) is 0.364. The lowest BCUT2D eigenvalue weighted by Crippen LogP contribution is -2.32. The predicted octanol–water partition coefficient (Wildman–Crippen LogP) is 3.43. The van der Waals surface area contributed by atoms with E-state index in [-0.39, 0.29) is 24.5 Å². The first-order valence-electron chi connectivity index (χ1n) is 9.58. The smallest absolute Gasteiger partial charge is 0.251 e. The number of amides is 1. The fourth-order valence-corrected chi connectivity index (χ4v) is 3.21. The molecule has 0 saturated heterocycles. The quantitative estimate of drug-likeness (QED) is 0.587. The number of likely N-dealkylation sites (N-methyl/N-ethyl adjacent to an activating group) is 1. The lowest BCUT2D eigenvalue weighted by atomic mass is 10.0. The number of nitrogens with zero attached hydrogens (tertiary/aromatic N) is 2. The number of aryl methyl sites for hydroxylation is 1. The summed E-state index contributed by atoms with van der Waals surface area (Å²) < 4.78 is 0. The van der Waals surface area contributed by atoms with Gasteiger partial charge >= 0.3 is 0 Å². The third-order valence-electron chi connectivity index (χ3n) is 4.91. The van der Waals surface area contributed by atoms with Crippen LogP contribution in [0.4, 0.5) is 5.69 Å². The van der Waals surface area contributed by atoms with Gasteiger partial charge in [0.2, 0.25) is 0 Å². The number of aromatic amines is 1. The number of carbonyl (C=O) groups excluding carboxylic acids is 1. The van der Waals surface area contributed by atoms with E-state index in [1.54, 1.807) is 12.1 Å². The Bertz CT molecular complexity index is 947. The minimum absolute atomic E-state index is 0.0891. The number of nitrogens with one attached hydrogen (secondary N) is 2. The molecule has 6 heteroatoms. The normalized spacial score (nSPS) is 12.4. The van der Waals surface area contributed by atoms with E-state index in [4.69, 9.17) is 5.11 Å². The van der Waals surface area contributed by atoms with Gasteiger partial charge in [-0.1, -0.05) is 19.9 Å². The Balaban J connectivity index is 1.79. The number of aliphatic hydroxyl groups is 1. The van der Waals surface area contributed by atoms with E-state index in [1.165, 1.54) is 5.56 Å². The Hall–Kier alpha value is -2.86. The van der Waals surface area contributed by atoms with Gasteiger partial charge in [0.25, 0.3) is 5.91 Å². The summed E-state index contributed by atoms with van der Waals surface area (Å²) in [5.74, 6) is 0.815. The van der Waals surface area contributed by atoms with Gasteiger partial charge in [-0.3, -0.25) is 4.79 Å². The zero-order valence-corrected chi connectivity index (χ0v) is 16.9. The lowest BCUT2D eigenvalue weighted by Gasteiger charge is -2.21. The molecule has 1 atom stereocenters. The molecule has 6 nitrogen and oxygen atoms in total. The molecule has 1 unspecified atom stereocenters. The third-order valence-corrected chi connectivity index (χ3v) is 4.91. The van der Waals surface area contributed by atoms with Crippen LogP contribution in [0.1, 0.15) is 41.6 Å². The molecule has 0 aliphatic heterocycles. The van der Waals surface area contributed by atoms with Crippen molar-refractivity contribution < 1.29 is 9.90 Å². The number of hydrogen-bond acceptors (Lipinski definition) is 4. The summed E-state index contributed by atoms with van der Waals surface area (Å²) >= 11 is 0. The van der Waals surface area contributed by atoms with Crippen LogP contribution in [0.3, 0.4) is 0 Å². The Morgan fingerprint density at radius 2 is 1.93 bits per heavy atom. The maximum atomic E-state index is 12.8. The number of benzene rings is 2. The van der Waals surface area contributed by atoms with E-state index in [2.05, 4.69) is 35.2 Å². The highest BCUT2D eigenvalue weighted by Gasteiger charge is 2.22. The van der Waals surface area contributed by atoms with Gasteiger partial charge in [0.1, 0.15) is 5.82 Å². The van der Waals surface area contributed by atoms with Crippen molar-refractivity contribution in [2.24, 2.45) is 5.92 Å². The van der Waals surface area contributed by atoms with Gasteiger partial charge < -0.3 is 20.3 Å². The van der Waals surface area contributed by atoms with Gasteiger partial charge in [-0.05, 0) is 54.8 Å². The Morgan fingerprint density at radius 1 is 1.21 bits per heavy atom. The van der Waals surface area contributed by atoms with Crippen LogP contribution in [0.25, 0.3) is 11.0 Å². The highest BCUT2D eigenvalue weighted by atomic mass is 16.3. The molecule has 0 fully saturated rings. The number of H-pyrrole nitrogens is 1. The molecular formula is C22H28N4O2. The van der Waals surface area contributed by atoms with Crippen molar-refractivity contribution in [1.82, 2.24) is 15.3 Å². The molecule has 0 saturated carbocycles. The van der Waals surface area contributed by atoms with Crippen molar-refractivity contribution in [3.8, 4) is 0 Å². The van der Waals surface area contributed by atoms with E-state index in [0.717, 1.165) is 22.5 Å². The minimum Gasteiger partial charge on any atom is -0.395 e. The summed E-state index contributed by atoms with van der Waals surface area (Å²) in [6.07, 6.45) is 0. The van der Waals surface area contributed by atoms with Crippen LogP contribution in [0.15, 0.2) is 42.5 Å². The van der Waals surface area contributed by atoms with Crippen LogP contribution in [0.5, 0.6) is 0 Å². The van der Waals surface area contributed by atoms with Crippen molar-refractivity contribution in [3.05, 3.63) is 59.4 Å². The topological polar surface area (TPSA) is 81.2 Å². The van der Waals surface area contributed by atoms with Gasteiger partial charge in [0.05, 0.1) is 23.7 Å². The predicted molar refractivity (Wildman–Crippen MR) is 113 cm³/mol. The molecule has 2 aromatic carbocycles. The van der Waals surface area contributed by atoms with Crippen molar-refractivity contribution in [3.63, 3.8) is 0 Å². The van der Waals surface area contributed by atoms with Crippen LogP contribution in [0.2, 0.25) is 0 Å². The molecular weight excluding hydrogens is 352 g/mol. The first kappa shape index (κ1) is 19.9. The first-order valence-corrected chi connectivity index (χ1v) is 9.58. The van der Waals surface area contributed by atoms with Crippen LogP contribution in [-0.2, 0) is 0 Å². The van der Waals surface area contributed by atoms with Gasteiger partial charge in [-0.25, -0.2) is 4.98 Å². The number of fused-ring (bicyclic) bond motifs is 1. The molecule has 0 aliphatic carbocycles. The van der Waals surface area contributed by atoms with E-state index >= 15 is 0 Å². The molecule has 148 valence electrons. The van der Waals surface area contributed by atoms with Crippen LogP contribution in [0, 0.1) is 12.8 Å². The molecule has 0 spiro atoms. The van der Waals surface area contributed by atoms with Crippen LogP contribution < -0.4 is 10.2 Å². The molecule has 0 bridgehead atoms. The Kier molecular flexibility index (Phi) is 5.99. The van der Waals surface area contributed by atoms with Crippen LogP contribution in [-0.4, -0.2) is 41.2 Å². The zero-order valence-electron chi connectivity index (χ0n) is 16.9. The number of hydrogen-bond donors (Lipinski definition) is 3. The summed E-state index contributed by atoms with van der Waals surface area (Å²) in [4.78, 5) is 22.8. The average Bonchev–Trinajstić information content (AvgIpc) is 3.08. The number of imidazole rings is 1. The molecule has 1 aromatic heterocycles. The first-order chi connectivity index (χ1) is 13.4. The van der Waals surface area contributed by atoms with Gasteiger partial charge in [-0.15, -0.1) is 0 Å². The molecule has 3 aromatic rings. The van der Waals surface area contributed by atoms with E-state index in [0.29, 0.717) is 12.1 Å². The Labute approximate surface area is 165 Å². The van der Waals surface area contributed by atoms with E-state index in [9.17, 15) is 4.79 Å². The molecule has 1 amide bonds. The highest BCUT2D eigenvalue weighted by Crippen LogP contribution is 2.23. The van der Waals surface area contributed by atoms with Gasteiger partial charge in [0, 0.05) is 24.8 Å². The molecule has 0 aliphatic rings. The summed E-state index contributed by atoms with van der Waals surface area (Å²) in [5, 5.41) is 12.2. The Morgan fingerprint density at radius 3 is 2.57 bits per heavy atom. The number of aromatic nitrogens is 2. The molecule has 3 rings (SSSR count). The minimum atomic E-state index is -0.211. The molecule has 28 heavy (non-hydrogen) atoms. The number of aliphatic hydroxyl groups excluding tert-OH is 1. The second-order valence-electron chi connectivity index (χ2n) is 7.53. The highest BCUT2D eigenvalue weighted by molar-refractivity contribution is 5.94. The van der Waals surface area contributed by atoms with Crippen molar-refractivity contribution >= 4 is 22.6 Å². The number of rotatable bonds is 7. The largest absolute Gasteiger partial charge is 0.395 e. The maximum absolute atomic E-state index is 12.8. The summed E-state index contributed by atoms with van der Waals surface area (Å²) in [7, 11) is 1.91. The van der Waals surface area contributed by atoms with Gasteiger partial charge in [0.15, 0.2) is 0 Å². The monoisotopic (exact) mass is 380 g/mol. The SMILES string of the molecule is Cc1ccc2nc(C(NC(=O)c3ccc(N(C)CCO)cc3)C(C)C)[nH]c2c1. The van der Waals surface area contributed by atoms with Gasteiger partial charge in [-0.2, -0.15) is 0 Å². The van der Waals surface area contributed by atoms with Crippen molar-refractivity contribution in [2.45, 2.75) is 26.8 Å². The molecule has 3 N–H and O–H groups in total. The standard InChI is InChI=1S/C22H28N4O2/c1-14(2)20(21-23-18-10-5-15(3)13-19(18)24-21)25-22(28)16-6-8-17(9-7-16)26(4)11-12-27/h5-10,13-14,20,27H,11-12H2,1-4H3,(H,23,24)(H,25,28). The molecule has 1 heterocycles. The second-order valence-corrected chi connectivity index (χ2v) is 7.53. The summed E-state index contributed by atoms with van der Waals surface area (Å²) in [5.41, 5.74) is 4.60. The second kappa shape index (κ2) is 8.44. The lowest BCUT2D eigenvalue weighted by molar-refractivity contribution is 0.0923. The zero-order chi connectivity index (χ0) is 20.3. The van der Waals surface area contributed by atoms with E-state index < -0.39 is 0 Å². The fourth-order valence-electron chi connectivity index (χ4n) is 3.21. The summed E-state index contributed by atoms with van der Waals surface area (Å²) in [6, 6.07) is 13.3. The number of carbonyl (C=O) groups is 1. The summed E-state index contributed by atoms with van der Waals surface area (Å²) in [6.45, 7) is 6.81.